The van der Waals surface area contributed by atoms with Crippen molar-refractivity contribution in [3.63, 3.8) is 0 Å². The molecule has 6 nitrogen and oxygen atoms in total. The Hall–Kier alpha value is -2.28. The second kappa shape index (κ2) is 8.46. The van der Waals surface area contributed by atoms with Crippen molar-refractivity contribution >= 4 is 46.9 Å². The van der Waals surface area contributed by atoms with E-state index in [1.807, 2.05) is 30.3 Å². The first-order chi connectivity index (χ1) is 14.3. The average Bonchev–Trinajstić information content (AvgIpc) is 3.32. The van der Waals surface area contributed by atoms with E-state index in [2.05, 4.69) is 20.6 Å². The predicted octanol–water partition coefficient (Wildman–Crippen LogP) is 5.60. The molecule has 0 saturated carbocycles. The molecule has 0 aliphatic carbocycles. The van der Waals surface area contributed by atoms with E-state index in [0.717, 1.165) is 16.4 Å². The van der Waals surface area contributed by atoms with E-state index in [9.17, 15) is 13.2 Å². The first kappa shape index (κ1) is 21.0. The Labute approximate surface area is 186 Å². The van der Waals surface area contributed by atoms with Crippen molar-refractivity contribution in [3.05, 3.63) is 68.9 Å². The Kier molecular flexibility index (Phi) is 5.91. The highest BCUT2D eigenvalue weighted by Crippen LogP contribution is 2.36. The fraction of sp³-hybridized carbons (Fsp3) is 0.118. The van der Waals surface area contributed by atoms with E-state index in [0.29, 0.717) is 8.29 Å². The summed E-state index contributed by atoms with van der Waals surface area (Å²) >= 11 is 13.7. The average molecular weight is 487 g/mol. The molecule has 13 heteroatoms. The summed E-state index contributed by atoms with van der Waals surface area (Å²) in [6, 6.07) is 12.8. The van der Waals surface area contributed by atoms with Gasteiger partial charge in [0.25, 0.3) is 0 Å². The number of thioether (sulfide) groups is 1. The number of hydrogen-bond acceptors (Lipinski definition) is 7. The Balaban J connectivity index is 1.60. The van der Waals surface area contributed by atoms with Gasteiger partial charge in [0.1, 0.15) is 0 Å². The molecule has 0 spiro atoms. The van der Waals surface area contributed by atoms with Crippen molar-refractivity contribution in [2.75, 3.05) is 0 Å². The van der Waals surface area contributed by atoms with Gasteiger partial charge in [0.15, 0.2) is 14.1 Å². The van der Waals surface area contributed by atoms with Gasteiger partial charge in [-0.2, -0.15) is 17.9 Å². The van der Waals surface area contributed by atoms with E-state index in [-0.39, 0.29) is 22.3 Å². The summed E-state index contributed by atoms with van der Waals surface area (Å²) in [5.74, 6) is 0.435. The van der Waals surface area contributed by atoms with Gasteiger partial charge < -0.3 is 0 Å². The van der Waals surface area contributed by atoms with Crippen LogP contribution < -0.4 is 0 Å². The number of hydrogen-bond donors (Lipinski definition) is 0. The van der Waals surface area contributed by atoms with Gasteiger partial charge in [0.05, 0.1) is 22.7 Å². The molecule has 0 bridgehead atoms. The molecule has 0 unspecified atom stereocenters. The maximum atomic E-state index is 13.4. The lowest BCUT2D eigenvalue weighted by atomic mass is 10.1. The predicted molar refractivity (Wildman–Crippen MR) is 111 cm³/mol. The minimum Gasteiger partial charge on any atom is -0.211 e. The van der Waals surface area contributed by atoms with E-state index in [1.54, 1.807) is 4.68 Å². The second-order valence-electron chi connectivity index (χ2n) is 5.84. The van der Waals surface area contributed by atoms with Crippen LogP contribution in [0.5, 0.6) is 0 Å². The molecule has 2 aromatic heterocycles. The highest BCUT2D eigenvalue weighted by Gasteiger charge is 2.35. The van der Waals surface area contributed by atoms with E-state index < -0.39 is 11.7 Å². The minimum atomic E-state index is -4.61. The zero-order chi connectivity index (χ0) is 21.3. The van der Waals surface area contributed by atoms with Crippen molar-refractivity contribution in [3.8, 4) is 11.4 Å². The highest BCUT2D eigenvalue weighted by atomic mass is 35.5. The van der Waals surface area contributed by atoms with E-state index in [4.69, 9.17) is 23.8 Å². The molecule has 0 aliphatic heterocycles. The van der Waals surface area contributed by atoms with Crippen LogP contribution in [0.2, 0.25) is 5.02 Å². The fourth-order valence-corrected chi connectivity index (χ4v) is 5.02. The summed E-state index contributed by atoms with van der Waals surface area (Å²) in [6.07, 6.45) is -4.61. The fourth-order valence-electron chi connectivity index (χ4n) is 2.58. The number of rotatable bonds is 5. The third-order valence-electron chi connectivity index (χ3n) is 3.88. The molecule has 0 atom stereocenters. The number of benzene rings is 2. The largest absolute Gasteiger partial charge is 0.418 e. The van der Waals surface area contributed by atoms with Crippen LogP contribution >= 0.6 is 46.9 Å². The summed E-state index contributed by atoms with van der Waals surface area (Å²) in [5, 5.41) is 15.6. The quantitative estimate of drug-likeness (QED) is 0.270. The molecule has 0 aliphatic rings. The van der Waals surface area contributed by atoms with Crippen LogP contribution in [0.15, 0.2) is 52.9 Å². The van der Waals surface area contributed by atoms with Crippen LogP contribution in [-0.4, -0.2) is 30.0 Å². The standard InChI is InChI=1S/C17H10ClF3N6S3/c18-10-6-7-13(12(8-10)17(19,20)21)27-14(22-24-25-27)9-29-15-23-26(16(28)30-15)11-4-2-1-3-5-11/h1-8H,9H2. The normalized spacial score (nSPS) is 11.7. The summed E-state index contributed by atoms with van der Waals surface area (Å²) in [6.45, 7) is 0. The Morgan fingerprint density at radius 3 is 2.60 bits per heavy atom. The molecule has 0 amide bonds. The molecular weight excluding hydrogens is 477 g/mol. The van der Waals surface area contributed by atoms with E-state index >= 15 is 0 Å². The molecule has 30 heavy (non-hydrogen) atoms. The Morgan fingerprint density at radius 1 is 1.10 bits per heavy atom. The lowest BCUT2D eigenvalue weighted by Gasteiger charge is -2.13. The van der Waals surface area contributed by atoms with Gasteiger partial charge in [-0.15, -0.1) is 10.2 Å². The summed E-state index contributed by atoms with van der Waals surface area (Å²) < 4.78 is 44.2. The summed E-state index contributed by atoms with van der Waals surface area (Å²) in [5.41, 5.74) is -0.293. The Bertz CT molecular complexity index is 1240. The topological polar surface area (TPSA) is 61.4 Å². The summed E-state index contributed by atoms with van der Waals surface area (Å²) in [7, 11) is 0. The zero-order valence-electron chi connectivity index (χ0n) is 14.7. The van der Waals surface area contributed by atoms with Crippen LogP contribution in [-0.2, 0) is 11.9 Å². The zero-order valence-corrected chi connectivity index (χ0v) is 18.0. The van der Waals surface area contributed by atoms with Crippen molar-refractivity contribution in [2.45, 2.75) is 16.3 Å². The molecule has 0 saturated heterocycles. The molecule has 2 aromatic carbocycles. The molecule has 4 rings (SSSR count). The van der Waals surface area contributed by atoms with Crippen LogP contribution in [0.3, 0.4) is 0 Å². The van der Waals surface area contributed by atoms with Crippen LogP contribution in [0.25, 0.3) is 11.4 Å². The van der Waals surface area contributed by atoms with Crippen LogP contribution in [0, 0.1) is 3.95 Å². The monoisotopic (exact) mass is 486 g/mol. The third-order valence-corrected chi connectivity index (χ3v) is 6.48. The number of alkyl halides is 3. The van der Waals surface area contributed by atoms with Crippen molar-refractivity contribution in [2.24, 2.45) is 0 Å². The SMILES string of the molecule is FC(F)(F)c1cc(Cl)ccc1-n1nnnc1CSc1nn(-c2ccccc2)c(=S)s1. The first-order valence-corrected chi connectivity index (χ1v) is 10.8. The lowest BCUT2D eigenvalue weighted by molar-refractivity contribution is -0.137. The van der Waals surface area contributed by atoms with E-state index in [1.165, 1.54) is 35.2 Å². The number of para-hydroxylation sites is 1. The van der Waals surface area contributed by atoms with Crippen LogP contribution in [0.1, 0.15) is 11.4 Å². The summed E-state index contributed by atoms with van der Waals surface area (Å²) in [4.78, 5) is 0. The van der Waals surface area contributed by atoms with Gasteiger partial charge in [0, 0.05) is 5.02 Å². The molecule has 154 valence electrons. The van der Waals surface area contributed by atoms with Gasteiger partial charge in [0.2, 0.25) is 0 Å². The van der Waals surface area contributed by atoms with Crippen molar-refractivity contribution < 1.29 is 13.2 Å². The van der Waals surface area contributed by atoms with Gasteiger partial charge in [-0.25, -0.2) is 4.68 Å². The number of halogens is 4. The molecule has 0 radical (unpaired) electrons. The molecule has 0 N–H and O–H groups in total. The first-order valence-electron chi connectivity index (χ1n) is 8.26. The molecule has 4 aromatic rings. The van der Waals surface area contributed by atoms with Gasteiger partial charge in [-0.05, 0) is 53.0 Å². The van der Waals surface area contributed by atoms with Crippen LogP contribution in [0.4, 0.5) is 13.2 Å². The molecule has 0 fully saturated rings. The number of nitrogens with zero attached hydrogens (tertiary/aromatic N) is 6. The highest BCUT2D eigenvalue weighted by molar-refractivity contribution is 8.00. The third kappa shape index (κ3) is 4.41. The van der Waals surface area contributed by atoms with Crippen molar-refractivity contribution in [1.82, 2.24) is 30.0 Å². The van der Waals surface area contributed by atoms with Gasteiger partial charge in [-0.1, -0.05) is 52.9 Å². The second-order valence-corrected chi connectivity index (χ2v) is 9.12. The smallest absolute Gasteiger partial charge is 0.211 e. The maximum Gasteiger partial charge on any atom is 0.418 e. The number of tetrazole rings is 1. The lowest BCUT2D eigenvalue weighted by Crippen LogP contribution is -2.13. The van der Waals surface area contributed by atoms with Gasteiger partial charge >= 0.3 is 6.18 Å². The minimum absolute atomic E-state index is 0.0266. The molecular formula is C17H10ClF3N6S3. The maximum absolute atomic E-state index is 13.4. The molecule has 2 heterocycles. The Morgan fingerprint density at radius 2 is 1.87 bits per heavy atom. The van der Waals surface area contributed by atoms with Gasteiger partial charge in [-0.3, -0.25) is 0 Å². The number of aromatic nitrogens is 6. The van der Waals surface area contributed by atoms with Crippen molar-refractivity contribution in [1.29, 1.82) is 0 Å².